The number of pyridine rings is 1. The second kappa shape index (κ2) is 10.7. The Balaban J connectivity index is 1.55. The standard InChI is InChI=1S/C27H28N10S4/c1-2-14-35-17-8-19(21(35)5-1)26-24(20-6-12-28-32-20)25(36-15-3-10-30-36)27(37-16-4-11-31-37)41(26,22-7-13-29-34-33-22)23-9-18-38-40-39-23/h1-3,5-8,10,12-14,17,23,30-31H,4,9,11,15-16,18H2,(H,28,32). The van der Waals surface area contributed by atoms with Crippen LogP contribution in [0.25, 0.3) is 16.0 Å². The van der Waals surface area contributed by atoms with Crippen LogP contribution < -0.4 is 10.9 Å². The van der Waals surface area contributed by atoms with Crippen LogP contribution in [-0.2, 0) is 0 Å². The maximum absolute atomic E-state index is 4.88. The number of nitrogens with zero attached hydrogens (tertiary/aromatic N) is 7. The third-order valence-electron chi connectivity index (χ3n) is 7.72. The average molecular weight is 621 g/mol. The molecule has 10 nitrogen and oxygen atoms in total. The van der Waals surface area contributed by atoms with Crippen molar-refractivity contribution in [3.05, 3.63) is 95.4 Å². The topological polar surface area (TPSA) is 102 Å². The van der Waals surface area contributed by atoms with Crippen LogP contribution in [-0.4, -0.2) is 70.0 Å². The van der Waals surface area contributed by atoms with E-state index in [4.69, 9.17) is 5.10 Å². The molecule has 0 spiro atoms. The summed E-state index contributed by atoms with van der Waals surface area (Å²) in [4.78, 5) is 1.30. The van der Waals surface area contributed by atoms with Crippen LogP contribution in [0.5, 0.6) is 0 Å². The van der Waals surface area contributed by atoms with Crippen molar-refractivity contribution in [2.45, 2.75) is 22.4 Å². The number of nitrogens with one attached hydrogen (secondary N) is 3. The Labute approximate surface area is 250 Å². The highest BCUT2D eigenvalue weighted by atomic mass is 33.5. The molecule has 8 heterocycles. The number of H-pyrrole nitrogens is 1. The van der Waals surface area contributed by atoms with E-state index in [0.29, 0.717) is 0 Å². The van der Waals surface area contributed by atoms with Crippen LogP contribution in [0.2, 0.25) is 0 Å². The SMILES string of the molecule is C1=CNN(C2=C(N3CCCN3)S(c3ccnnn3)(C3CCSSS3)C(c3ccn4ccccc34)=C2c2ccn[nH]2)C1. The van der Waals surface area contributed by atoms with Crippen molar-refractivity contribution in [1.82, 2.24) is 50.9 Å². The van der Waals surface area contributed by atoms with Gasteiger partial charge in [0, 0.05) is 59.7 Å². The second-order valence-electron chi connectivity index (χ2n) is 9.93. The molecule has 0 radical (unpaired) electrons. The molecule has 2 unspecified atom stereocenters. The highest BCUT2D eigenvalue weighted by Crippen LogP contribution is 2.83. The Kier molecular flexibility index (Phi) is 6.67. The Bertz CT molecular complexity index is 1650. The largest absolute Gasteiger partial charge is 0.323 e. The summed E-state index contributed by atoms with van der Waals surface area (Å²) in [5, 5.41) is 28.1. The summed E-state index contributed by atoms with van der Waals surface area (Å²) in [5.74, 6) is 1.08. The van der Waals surface area contributed by atoms with Crippen molar-refractivity contribution in [3.63, 3.8) is 0 Å². The van der Waals surface area contributed by atoms with Crippen LogP contribution in [0.1, 0.15) is 24.1 Å². The van der Waals surface area contributed by atoms with E-state index >= 15 is 0 Å². The van der Waals surface area contributed by atoms with Gasteiger partial charge in [0.15, 0.2) is 0 Å². The predicted molar refractivity (Wildman–Crippen MR) is 170 cm³/mol. The zero-order chi connectivity index (χ0) is 27.2. The fourth-order valence-electron chi connectivity index (χ4n) is 6.12. The molecule has 14 heteroatoms. The van der Waals surface area contributed by atoms with Crippen LogP contribution in [0.4, 0.5) is 0 Å². The molecular weight excluding hydrogens is 593 g/mol. The molecule has 0 aromatic carbocycles. The van der Waals surface area contributed by atoms with E-state index in [0.717, 1.165) is 60.2 Å². The molecule has 41 heavy (non-hydrogen) atoms. The number of hydrogen-bond acceptors (Lipinski definition) is 11. The van der Waals surface area contributed by atoms with E-state index in [1.807, 2.05) is 43.8 Å². The molecule has 3 N–H and O–H groups in total. The number of aromatic nitrogens is 6. The summed E-state index contributed by atoms with van der Waals surface area (Å²) < 4.78 is 2.48. The molecule has 0 aliphatic carbocycles. The molecule has 2 atom stereocenters. The summed E-state index contributed by atoms with van der Waals surface area (Å²) in [6.07, 6.45) is 14.3. The number of hydrogen-bond donors (Lipinski definition) is 3. The van der Waals surface area contributed by atoms with Gasteiger partial charge in [-0.2, -0.15) is 5.10 Å². The Morgan fingerprint density at radius 1 is 1.05 bits per heavy atom. The van der Waals surface area contributed by atoms with Crippen molar-refractivity contribution in [3.8, 4) is 0 Å². The molecule has 210 valence electrons. The van der Waals surface area contributed by atoms with Crippen molar-refractivity contribution >= 4 is 57.4 Å². The lowest BCUT2D eigenvalue weighted by Gasteiger charge is -2.49. The lowest BCUT2D eigenvalue weighted by Crippen LogP contribution is -2.39. The van der Waals surface area contributed by atoms with Gasteiger partial charge in [-0.3, -0.25) is 10.1 Å². The van der Waals surface area contributed by atoms with E-state index in [9.17, 15) is 0 Å². The van der Waals surface area contributed by atoms with E-state index in [2.05, 4.69) is 101 Å². The lowest BCUT2D eigenvalue weighted by molar-refractivity contribution is 0.307. The van der Waals surface area contributed by atoms with Gasteiger partial charge in [-0.25, -0.2) is 5.43 Å². The molecule has 8 rings (SSSR count). The summed E-state index contributed by atoms with van der Waals surface area (Å²) >= 11 is 0. The Morgan fingerprint density at radius 2 is 2.05 bits per heavy atom. The van der Waals surface area contributed by atoms with E-state index in [1.54, 1.807) is 6.20 Å². The fraction of sp³-hybridized carbons (Fsp3) is 0.259. The highest BCUT2D eigenvalue weighted by molar-refractivity contribution is 9.10. The molecule has 0 saturated carbocycles. The molecule has 2 fully saturated rings. The van der Waals surface area contributed by atoms with E-state index in [1.165, 1.54) is 21.0 Å². The van der Waals surface area contributed by atoms with Crippen molar-refractivity contribution in [1.29, 1.82) is 0 Å². The summed E-state index contributed by atoms with van der Waals surface area (Å²) in [6.45, 7) is 2.62. The van der Waals surface area contributed by atoms with Crippen molar-refractivity contribution in [2.24, 2.45) is 0 Å². The smallest absolute Gasteiger partial charge is 0.116 e. The number of aromatic amines is 1. The van der Waals surface area contributed by atoms with E-state index < -0.39 is 10.0 Å². The summed E-state index contributed by atoms with van der Waals surface area (Å²) in [6, 6.07) is 12.9. The maximum atomic E-state index is 4.88. The predicted octanol–water partition coefficient (Wildman–Crippen LogP) is 5.07. The molecule has 4 aliphatic heterocycles. The van der Waals surface area contributed by atoms with Gasteiger partial charge in [0.2, 0.25) is 0 Å². The lowest BCUT2D eigenvalue weighted by atomic mass is 10.0. The molecule has 4 aromatic rings. The minimum atomic E-state index is -2.02. The first-order valence-corrected chi connectivity index (χ1v) is 18.9. The minimum Gasteiger partial charge on any atom is -0.323 e. The highest BCUT2D eigenvalue weighted by Gasteiger charge is 2.56. The van der Waals surface area contributed by atoms with Gasteiger partial charge in [-0.1, -0.05) is 27.7 Å². The van der Waals surface area contributed by atoms with Crippen LogP contribution >= 0.6 is 41.4 Å². The maximum Gasteiger partial charge on any atom is 0.116 e. The molecule has 0 amide bonds. The van der Waals surface area contributed by atoms with Crippen molar-refractivity contribution in [2.75, 3.05) is 25.4 Å². The first kappa shape index (κ1) is 25.7. The normalized spacial score (nSPS) is 26.3. The van der Waals surface area contributed by atoms with Gasteiger partial charge in [-0.05, 0) is 64.3 Å². The molecule has 4 aliphatic rings. The third kappa shape index (κ3) is 4.02. The monoisotopic (exact) mass is 620 g/mol. The Morgan fingerprint density at radius 3 is 2.80 bits per heavy atom. The van der Waals surface area contributed by atoms with Crippen LogP contribution in [0.3, 0.4) is 0 Å². The fourth-order valence-corrected chi connectivity index (χ4v) is 17.9. The summed E-state index contributed by atoms with van der Waals surface area (Å²) in [7, 11) is 3.81. The zero-order valence-corrected chi connectivity index (χ0v) is 25.3. The van der Waals surface area contributed by atoms with Gasteiger partial charge in [-0.15, -0.1) is 20.2 Å². The van der Waals surface area contributed by atoms with Gasteiger partial charge in [0.1, 0.15) is 10.1 Å². The molecule has 4 aromatic heterocycles. The number of rotatable bonds is 6. The molecular formula is C27H28N10S4. The minimum absolute atomic E-state index is 0.266. The van der Waals surface area contributed by atoms with Gasteiger partial charge >= 0.3 is 0 Å². The third-order valence-corrected chi connectivity index (χ3v) is 17.6. The van der Waals surface area contributed by atoms with Crippen LogP contribution in [0, 0.1) is 0 Å². The number of fused-ring (bicyclic) bond motifs is 1. The molecule has 0 bridgehead atoms. The first-order valence-electron chi connectivity index (χ1n) is 13.5. The summed E-state index contributed by atoms with van der Waals surface area (Å²) in [5.41, 5.74) is 13.0. The quantitative estimate of drug-likeness (QED) is 0.252. The zero-order valence-electron chi connectivity index (χ0n) is 22.0. The van der Waals surface area contributed by atoms with Crippen molar-refractivity contribution < 1.29 is 0 Å². The Hall–Kier alpha value is -3.04. The van der Waals surface area contributed by atoms with Gasteiger partial charge < -0.3 is 14.8 Å². The average Bonchev–Trinajstić information content (AvgIpc) is 3.86. The molecule has 2 saturated heterocycles. The van der Waals surface area contributed by atoms with Gasteiger partial charge in [0.25, 0.3) is 0 Å². The number of allylic oxidation sites excluding steroid dienone is 1. The number of hydrazine groups is 2. The second-order valence-corrected chi connectivity index (χ2v) is 17.8. The first-order chi connectivity index (χ1) is 20.4. The van der Waals surface area contributed by atoms with E-state index in [-0.39, 0.29) is 4.58 Å². The van der Waals surface area contributed by atoms with Crippen LogP contribution in [0.15, 0.2) is 89.2 Å². The van der Waals surface area contributed by atoms with Gasteiger partial charge in [0.05, 0.1) is 34.2 Å².